The van der Waals surface area contributed by atoms with Crippen LogP contribution in [0, 0.1) is 33.3 Å². The van der Waals surface area contributed by atoms with Crippen LogP contribution in [0.2, 0.25) is 0 Å². The number of nitrogens with one attached hydrogen (secondary N) is 1. The van der Waals surface area contributed by atoms with E-state index in [4.69, 9.17) is 5.26 Å². The van der Waals surface area contributed by atoms with E-state index in [0.717, 1.165) is 12.8 Å². The highest BCUT2D eigenvalue weighted by Crippen LogP contribution is 2.31. The number of rotatable bonds is 4. The number of anilines is 1. The van der Waals surface area contributed by atoms with Crippen LogP contribution >= 0.6 is 0 Å². The summed E-state index contributed by atoms with van der Waals surface area (Å²) in [7, 11) is 0. The number of nitro groups is 1. The Hall–Kier alpha value is -2.16. The van der Waals surface area contributed by atoms with Gasteiger partial charge in [-0.25, -0.2) is 4.98 Å². The number of hydrogen-bond acceptors (Lipinski definition) is 5. The standard InChI is InChI=1S/C15H20N4O2/c1-10(2)11-4-3-5-12(8-11)17-15-7-6-14(19(20)21)13(9-16)18-15/h6-7,10-12H,3-5,8H2,1-2H3,(H,17,18). The molecule has 0 amide bonds. The summed E-state index contributed by atoms with van der Waals surface area (Å²) in [6.45, 7) is 4.48. The van der Waals surface area contributed by atoms with Gasteiger partial charge in [-0.15, -0.1) is 0 Å². The van der Waals surface area contributed by atoms with Gasteiger partial charge in [-0.1, -0.05) is 26.7 Å². The van der Waals surface area contributed by atoms with Crippen LogP contribution in [0.3, 0.4) is 0 Å². The summed E-state index contributed by atoms with van der Waals surface area (Å²) in [6, 6.07) is 5.04. The molecule has 6 nitrogen and oxygen atoms in total. The molecule has 2 atom stereocenters. The zero-order valence-corrected chi connectivity index (χ0v) is 12.4. The lowest BCUT2D eigenvalue weighted by atomic mass is 9.79. The third-order valence-corrected chi connectivity index (χ3v) is 4.19. The summed E-state index contributed by atoms with van der Waals surface area (Å²) in [5.74, 6) is 1.91. The highest BCUT2D eigenvalue weighted by Gasteiger charge is 2.25. The Kier molecular flexibility index (Phi) is 4.73. The minimum atomic E-state index is -0.579. The molecule has 21 heavy (non-hydrogen) atoms. The molecule has 1 heterocycles. The van der Waals surface area contributed by atoms with Gasteiger partial charge in [0.05, 0.1) is 4.92 Å². The van der Waals surface area contributed by atoms with Gasteiger partial charge >= 0.3 is 5.69 Å². The van der Waals surface area contributed by atoms with Crippen LogP contribution < -0.4 is 5.32 Å². The second-order valence-corrected chi connectivity index (χ2v) is 5.95. The number of nitrogens with zero attached hydrogens (tertiary/aromatic N) is 3. The molecule has 1 saturated carbocycles. The van der Waals surface area contributed by atoms with Crippen LogP contribution in [0.5, 0.6) is 0 Å². The Balaban J connectivity index is 2.10. The van der Waals surface area contributed by atoms with E-state index in [1.54, 1.807) is 12.1 Å². The maximum absolute atomic E-state index is 10.8. The predicted molar refractivity (Wildman–Crippen MR) is 79.8 cm³/mol. The van der Waals surface area contributed by atoms with Crippen LogP contribution in [-0.4, -0.2) is 15.9 Å². The first-order valence-electron chi connectivity index (χ1n) is 7.33. The average molecular weight is 288 g/mol. The minimum Gasteiger partial charge on any atom is -0.367 e. The van der Waals surface area contributed by atoms with Crippen LogP contribution in [-0.2, 0) is 0 Å². The lowest BCUT2D eigenvalue weighted by Gasteiger charge is -2.32. The molecule has 1 aliphatic rings. The van der Waals surface area contributed by atoms with E-state index >= 15 is 0 Å². The molecule has 0 aromatic carbocycles. The van der Waals surface area contributed by atoms with Crippen molar-refractivity contribution in [3.05, 3.63) is 27.9 Å². The van der Waals surface area contributed by atoms with E-state index in [-0.39, 0.29) is 11.4 Å². The molecule has 0 saturated heterocycles. The van der Waals surface area contributed by atoms with Crippen molar-refractivity contribution in [2.45, 2.75) is 45.6 Å². The average Bonchev–Trinajstić information content (AvgIpc) is 2.47. The second-order valence-electron chi connectivity index (χ2n) is 5.95. The van der Waals surface area contributed by atoms with Gasteiger partial charge in [-0.2, -0.15) is 5.26 Å². The van der Waals surface area contributed by atoms with E-state index in [1.807, 2.05) is 0 Å². The second kappa shape index (κ2) is 6.53. The summed E-state index contributed by atoms with van der Waals surface area (Å²) in [5.41, 5.74) is -0.382. The fourth-order valence-electron chi connectivity index (χ4n) is 2.94. The zero-order valence-electron chi connectivity index (χ0n) is 12.4. The molecule has 0 bridgehead atoms. The summed E-state index contributed by atoms with van der Waals surface area (Å²) in [5, 5.41) is 23.1. The SMILES string of the molecule is CC(C)C1CCCC(Nc2ccc([N+](=O)[O-])c(C#N)n2)C1. The first-order valence-corrected chi connectivity index (χ1v) is 7.33. The van der Waals surface area contributed by atoms with Gasteiger partial charge in [0, 0.05) is 12.1 Å². The van der Waals surface area contributed by atoms with Crippen LogP contribution in [0.4, 0.5) is 11.5 Å². The molecule has 1 aromatic rings. The molecule has 0 spiro atoms. The first kappa shape index (κ1) is 15.2. The fraction of sp³-hybridized carbons (Fsp3) is 0.600. The van der Waals surface area contributed by atoms with E-state index < -0.39 is 4.92 Å². The Morgan fingerprint density at radius 1 is 1.48 bits per heavy atom. The van der Waals surface area contributed by atoms with Crippen molar-refractivity contribution in [2.24, 2.45) is 11.8 Å². The van der Waals surface area contributed by atoms with Crippen molar-refractivity contribution >= 4 is 11.5 Å². The monoisotopic (exact) mass is 288 g/mol. The van der Waals surface area contributed by atoms with Gasteiger partial charge in [-0.05, 0) is 30.7 Å². The summed E-state index contributed by atoms with van der Waals surface area (Å²) in [4.78, 5) is 14.3. The molecule has 1 aromatic heterocycles. The Bertz CT molecular complexity index is 565. The zero-order chi connectivity index (χ0) is 15.4. The maximum Gasteiger partial charge on any atom is 0.305 e. The number of nitriles is 1. The molecule has 1 N–H and O–H groups in total. The molecule has 2 rings (SSSR count). The normalized spacial score (nSPS) is 21.8. The molecule has 0 radical (unpaired) electrons. The van der Waals surface area contributed by atoms with Crippen LogP contribution in [0.25, 0.3) is 0 Å². The molecule has 1 fully saturated rings. The number of hydrogen-bond donors (Lipinski definition) is 1. The van der Waals surface area contributed by atoms with Crippen LogP contribution in [0.1, 0.15) is 45.2 Å². The first-order chi connectivity index (χ1) is 10.0. The maximum atomic E-state index is 10.8. The van der Waals surface area contributed by atoms with Gasteiger partial charge in [0.15, 0.2) is 0 Å². The largest absolute Gasteiger partial charge is 0.367 e. The van der Waals surface area contributed by atoms with Gasteiger partial charge in [0.25, 0.3) is 0 Å². The highest BCUT2D eigenvalue weighted by molar-refractivity contribution is 5.50. The van der Waals surface area contributed by atoms with Crippen molar-refractivity contribution in [3.63, 3.8) is 0 Å². The quantitative estimate of drug-likeness (QED) is 0.676. The molecule has 6 heteroatoms. The van der Waals surface area contributed by atoms with Crippen molar-refractivity contribution < 1.29 is 4.92 Å². The van der Waals surface area contributed by atoms with Gasteiger partial charge in [0.2, 0.25) is 5.69 Å². The van der Waals surface area contributed by atoms with E-state index in [2.05, 4.69) is 24.1 Å². The van der Waals surface area contributed by atoms with Gasteiger partial charge in [-0.3, -0.25) is 10.1 Å². The number of pyridine rings is 1. The Labute approximate surface area is 124 Å². The lowest BCUT2D eigenvalue weighted by Crippen LogP contribution is -2.29. The predicted octanol–water partition coefficient (Wildman–Crippen LogP) is 3.49. The fourth-order valence-corrected chi connectivity index (χ4v) is 2.94. The van der Waals surface area contributed by atoms with Crippen molar-refractivity contribution in [3.8, 4) is 6.07 Å². The van der Waals surface area contributed by atoms with Crippen LogP contribution in [0.15, 0.2) is 12.1 Å². The van der Waals surface area contributed by atoms with Crippen molar-refractivity contribution in [1.29, 1.82) is 5.26 Å². The van der Waals surface area contributed by atoms with Gasteiger partial charge < -0.3 is 5.32 Å². The van der Waals surface area contributed by atoms with E-state index in [0.29, 0.717) is 23.7 Å². The molecular weight excluding hydrogens is 268 g/mol. The topological polar surface area (TPSA) is 91.9 Å². The van der Waals surface area contributed by atoms with Crippen molar-refractivity contribution in [1.82, 2.24) is 4.98 Å². The lowest BCUT2D eigenvalue weighted by molar-refractivity contribution is -0.385. The molecular formula is C15H20N4O2. The van der Waals surface area contributed by atoms with Gasteiger partial charge in [0.1, 0.15) is 11.9 Å². The third kappa shape index (κ3) is 3.69. The Morgan fingerprint density at radius 2 is 2.24 bits per heavy atom. The smallest absolute Gasteiger partial charge is 0.305 e. The third-order valence-electron chi connectivity index (χ3n) is 4.19. The van der Waals surface area contributed by atoms with Crippen molar-refractivity contribution in [2.75, 3.05) is 5.32 Å². The molecule has 112 valence electrons. The summed E-state index contributed by atoms with van der Waals surface area (Å²) >= 11 is 0. The number of aromatic nitrogens is 1. The van der Waals surface area contributed by atoms with E-state index in [1.165, 1.54) is 18.9 Å². The molecule has 1 aliphatic carbocycles. The van der Waals surface area contributed by atoms with E-state index in [9.17, 15) is 10.1 Å². The highest BCUT2D eigenvalue weighted by atomic mass is 16.6. The Morgan fingerprint density at radius 3 is 2.86 bits per heavy atom. The summed E-state index contributed by atoms with van der Waals surface area (Å²) < 4.78 is 0. The minimum absolute atomic E-state index is 0.138. The summed E-state index contributed by atoms with van der Waals surface area (Å²) in [6.07, 6.45) is 4.59. The molecule has 2 unspecified atom stereocenters. The molecule has 0 aliphatic heterocycles.